The molecule has 0 saturated carbocycles. The predicted octanol–water partition coefficient (Wildman–Crippen LogP) is 1.88. The number of hydrogen-bond acceptors (Lipinski definition) is 4. The molecule has 0 radical (unpaired) electrons. The summed E-state index contributed by atoms with van der Waals surface area (Å²) in [4.78, 5) is 28.4. The molecule has 1 heterocycles. The van der Waals surface area contributed by atoms with Crippen molar-refractivity contribution in [2.75, 3.05) is 6.54 Å². The molecule has 0 bridgehead atoms. The third kappa shape index (κ3) is 4.20. The number of hydrogen-bond donors (Lipinski definition) is 2. The highest BCUT2D eigenvalue weighted by Crippen LogP contribution is 2.22. The quantitative estimate of drug-likeness (QED) is 0.865. The van der Waals surface area contributed by atoms with Gasteiger partial charge in [0, 0.05) is 17.6 Å². The first kappa shape index (κ1) is 15.4. The van der Waals surface area contributed by atoms with Crippen molar-refractivity contribution < 1.29 is 14.7 Å². The lowest BCUT2D eigenvalue weighted by Gasteiger charge is -2.31. The molecule has 1 rings (SSSR count). The topological polar surface area (TPSA) is 82.5 Å². The van der Waals surface area contributed by atoms with Crippen molar-refractivity contribution in [1.29, 1.82) is 0 Å². The Morgan fingerprint density at radius 2 is 2.16 bits per heavy atom. The van der Waals surface area contributed by atoms with E-state index in [1.807, 2.05) is 19.2 Å². The van der Waals surface area contributed by atoms with Crippen molar-refractivity contribution in [3.05, 3.63) is 16.6 Å². The number of urea groups is 1. The normalized spacial score (nSPS) is 11.4. The highest BCUT2D eigenvalue weighted by atomic mass is 32.1. The van der Waals surface area contributed by atoms with Crippen LogP contribution >= 0.6 is 11.3 Å². The van der Waals surface area contributed by atoms with Gasteiger partial charge < -0.3 is 15.3 Å². The molecule has 19 heavy (non-hydrogen) atoms. The number of carbonyl (C=O) groups excluding carboxylic acids is 1. The van der Waals surface area contributed by atoms with E-state index in [0.717, 1.165) is 5.01 Å². The molecule has 106 valence electrons. The molecule has 0 aliphatic rings. The number of nitrogens with zero attached hydrogens (tertiary/aromatic N) is 2. The Bertz CT molecular complexity index is 443. The van der Waals surface area contributed by atoms with E-state index in [1.54, 1.807) is 20.0 Å². The Labute approximate surface area is 116 Å². The molecule has 0 unspecified atom stereocenters. The minimum Gasteiger partial charge on any atom is -0.480 e. The Morgan fingerprint density at radius 3 is 2.58 bits per heavy atom. The lowest BCUT2D eigenvalue weighted by atomic mass is 10.1. The molecule has 1 aromatic heterocycles. The van der Waals surface area contributed by atoms with E-state index < -0.39 is 17.5 Å². The monoisotopic (exact) mass is 285 g/mol. The molecule has 0 aliphatic carbocycles. The van der Waals surface area contributed by atoms with Crippen LogP contribution in [0, 0.1) is 0 Å². The number of aliphatic carboxylic acids is 1. The molecule has 0 aromatic carbocycles. The van der Waals surface area contributed by atoms with E-state index >= 15 is 0 Å². The Morgan fingerprint density at radius 1 is 1.53 bits per heavy atom. The Balaban J connectivity index is 2.79. The van der Waals surface area contributed by atoms with Gasteiger partial charge in [0.25, 0.3) is 0 Å². The van der Waals surface area contributed by atoms with Gasteiger partial charge in [-0.1, -0.05) is 0 Å². The van der Waals surface area contributed by atoms with Crippen LogP contribution in [-0.2, 0) is 10.3 Å². The third-order valence-corrected chi connectivity index (χ3v) is 3.67. The largest absolute Gasteiger partial charge is 0.480 e. The van der Waals surface area contributed by atoms with Gasteiger partial charge >= 0.3 is 12.0 Å². The lowest BCUT2D eigenvalue weighted by Crippen LogP contribution is -2.52. The molecular weight excluding hydrogens is 266 g/mol. The van der Waals surface area contributed by atoms with Gasteiger partial charge in [-0.15, -0.1) is 11.3 Å². The highest BCUT2D eigenvalue weighted by Gasteiger charge is 2.29. The van der Waals surface area contributed by atoms with Crippen LogP contribution in [0.25, 0.3) is 0 Å². The van der Waals surface area contributed by atoms with Crippen molar-refractivity contribution in [1.82, 2.24) is 15.2 Å². The van der Waals surface area contributed by atoms with Gasteiger partial charge in [0.1, 0.15) is 11.6 Å². The summed E-state index contributed by atoms with van der Waals surface area (Å²) in [5, 5.41) is 14.3. The maximum atomic E-state index is 12.2. The van der Waals surface area contributed by atoms with E-state index in [4.69, 9.17) is 5.11 Å². The standard InChI is InChI=1S/C12H19N3O3S/c1-8(2)15(7-9(16)17)11(18)14-12(3,4)10-13-5-6-19-10/h5-6,8H,7H2,1-4H3,(H,14,18)(H,16,17). The first-order valence-corrected chi connectivity index (χ1v) is 6.82. The number of aromatic nitrogens is 1. The van der Waals surface area contributed by atoms with E-state index in [2.05, 4.69) is 10.3 Å². The van der Waals surface area contributed by atoms with Crippen LogP contribution in [-0.4, -0.2) is 39.6 Å². The summed E-state index contributed by atoms with van der Waals surface area (Å²) in [6.07, 6.45) is 1.67. The predicted molar refractivity (Wildman–Crippen MR) is 73.1 cm³/mol. The summed E-state index contributed by atoms with van der Waals surface area (Å²) >= 11 is 1.45. The molecule has 2 N–H and O–H groups in total. The zero-order valence-corrected chi connectivity index (χ0v) is 12.3. The summed E-state index contributed by atoms with van der Waals surface area (Å²) in [7, 11) is 0. The van der Waals surface area contributed by atoms with Gasteiger partial charge in [0.15, 0.2) is 0 Å². The van der Waals surface area contributed by atoms with Crippen LogP contribution in [0.5, 0.6) is 0 Å². The molecule has 7 heteroatoms. The number of carbonyl (C=O) groups is 2. The van der Waals surface area contributed by atoms with Gasteiger partial charge in [0.05, 0.1) is 5.54 Å². The molecule has 0 saturated heterocycles. The van der Waals surface area contributed by atoms with E-state index in [-0.39, 0.29) is 12.6 Å². The van der Waals surface area contributed by atoms with Crippen LogP contribution in [0.1, 0.15) is 32.7 Å². The molecular formula is C12H19N3O3S. The molecule has 1 aromatic rings. The van der Waals surface area contributed by atoms with E-state index in [1.165, 1.54) is 16.2 Å². The number of carboxylic acids is 1. The second-order valence-electron chi connectivity index (χ2n) is 5.01. The second-order valence-corrected chi connectivity index (χ2v) is 5.90. The van der Waals surface area contributed by atoms with E-state index in [0.29, 0.717) is 0 Å². The fourth-order valence-corrected chi connectivity index (χ4v) is 2.28. The van der Waals surface area contributed by atoms with Gasteiger partial charge in [-0.05, 0) is 27.7 Å². The number of rotatable bonds is 5. The summed E-state index contributed by atoms with van der Waals surface area (Å²) in [5.41, 5.74) is -0.628. The Kier molecular flexibility index (Phi) is 4.88. The lowest BCUT2D eigenvalue weighted by molar-refractivity contribution is -0.138. The van der Waals surface area contributed by atoms with Crippen LogP contribution in [0.3, 0.4) is 0 Å². The maximum Gasteiger partial charge on any atom is 0.323 e. The Hall–Kier alpha value is -1.63. The average molecular weight is 285 g/mol. The van der Waals surface area contributed by atoms with Gasteiger partial charge in [-0.3, -0.25) is 4.79 Å². The molecule has 6 nitrogen and oxygen atoms in total. The van der Waals surface area contributed by atoms with Gasteiger partial charge in [-0.25, -0.2) is 9.78 Å². The highest BCUT2D eigenvalue weighted by molar-refractivity contribution is 7.09. The van der Waals surface area contributed by atoms with Crippen LogP contribution < -0.4 is 5.32 Å². The fraction of sp³-hybridized carbons (Fsp3) is 0.583. The number of thiazole rings is 1. The minimum atomic E-state index is -1.03. The molecule has 2 amide bonds. The summed E-state index contributed by atoms with van der Waals surface area (Å²) in [6.45, 7) is 6.90. The van der Waals surface area contributed by atoms with Crippen LogP contribution in [0.4, 0.5) is 4.79 Å². The average Bonchev–Trinajstić information content (AvgIpc) is 2.78. The molecule has 0 atom stereocenters. The van der Waals surface area contributed by atoms with Crippen LogP contribution in [0.15, 0.2) is 11.6 Å². The SMILES string of the molecule is CC(C)N(CC(=O)O)C(=O)NC(C)(C)c1nccs1. The summed E-state index contributed by atoms with van der Waals surface area (Å²) in [6, 6.07) is -0.596. The van der Waals surface area contributed by atoms with Crippen LogP contribution in [0.2, 0.25) is 0 Å². The van der Waals surface area contributed by atoms with Crippen molar-refractivity contribution in [3.63, 3.8) is 0 Å². The number of carboxylic acid groups (broad SMARTS) is 1. The molecule has 0 spiro atoms. The smallest absolute Gasteiger partial charge is 0.323 e. The summed E-state index contributed by atoms with van der Waals surface area (Å²) < 4.78 is 0. The molecule has 0 aliphatic heterocycles. The van der Waals surface area contributed by atoms with Gasteiger partial charge in [0.2, 0.25) is 0 Å². The minimum absolute atomic E-state index is 0.191. The first-order chi connectivity index (χ1) is 8.74. The second kappa shape index (κ2) is 6.01. The van der Waals surface area contributed by atoms with Crippen molar-refractivity contribution >= 4 is 23.3 Å². The zero-order chi connectivity index (χ0) is 14.6. The van der Waals surface area contributed by atoms with Crippen molar-refractivity contribution in [2.45, 2.75) is 39.3 Å². The summed E-state index contributed by atoms with van der Waals surface area (Å²) in [5.74, 6) is -1.03. The van der Waals surface area contributed by atoms with Crippen molar-refractivity contribution in [3.8, 4) is 0 Å². The number of nitrogens with one attached hydrogen (secondary N) is 1. The first-order valence-electron chi connectivity index (χ1n) is 5.94. The third-order valence-electron chi connectivity index (χ3n) is 2.58. The van der Waals surface area contributed by atoms with Crippen molar-refractivity contribution in [2.24, 2.45) is 0 Å². The maximum absolute atomic E-state index is 12.2. The fourth-order valence-electron chi connectivity index (χ4n) is 1.56. The molecule has 0 fully saturated rings. The zero-order valence-electron chi connectivity index (χ0n) is 11.5. The number of amides is 2. The van der Waals surface area contributed by atoms with E-state index in [9.17, 15) is 9.59 Å². The van der Waals surface area contributed by atoms with Gasteiger partial charge in [-0.2, -0.15) is 0 Å².